The van der Waals surface area contributed by atoms with Gasteiger partial charge < -0.3 is 5.32 Å². The molecule has 1 heterocycles. The molecule has 1 aliphatic rings. The third-order valence-electron chi connectivity index (χ3n) is 3.42. The van der Waals surface area contributed by atoms with Gasteiger partial charge in [0.25, 0.3) is 0 Å². The van der Waals surface area contributed by atoms with E-state index in [1.807, 2.05) is 6.07 Å². The van der Waals surface area contributed by atoms with Crippen molar-refractivity contribution < 1.29 is 8.42 Å². The van der Waals surface area contributed by atoms with E-state index in [2.05, 4.69) is 10.0 Å². The van der Waals surface area contributed by atoms with E-state index in [9.17, 15) is 8.42 Å². The zero-order valence-electron chi connectivity index (χ0n) is 11.3. The summed E-state index contributed by atoms with van der Waals surface area (Å²) >= 11 is 0. The van der Waals surface area contributed by atoms with Gasteiger partial charge in [0.15, 0.2) is 0 Å². The van der Waals surface area contributed by atoms with Gasteiger partial charge in [0, 0.05) is 12.6 Å². The Bertz CT molecular complexity index is 569. The zero-order chi connectivity index (χ0) is 14.4. The van der Waals surface area contributed by atoms with Crippen LogP contribution in [0.5, 0.6) is 0 Å². The number of hydrogen-bond donors (Lipinski definition) is 2. The van der Waals surface area contributed by atoms with Crippen LogP contribution in [0.4, 0.5) is 0 Å². The molecule has 0 amide bonds. The van der Waals surface area contributed by atoms with E-state index in [-0.39, 0.29) is 5.75 Å². The van der Waals surface area contributed by atoms with Gasteiger partial charge in [0.05, 0.1) is 17.4 Å². The first-order chi connectivity index (χ1) is 9.59. The Balaban J connectivity index is 1.81. The molecule has 108 valence electrons. The Morgan fingerprint density at radius 3 is 2.70 bits per heavy atom. The molecule has 0 unspecified atom stereocenters. The Morgan fingerprint density at radius 1 is 1.35 bits per heavy atom. The minimum atomic E-state index is -3.31. The summed E-state index contributed by atoms with van der Waals surface area (Å²) in [5.74, 6) is -0.0448. The number of rotatable bonds is 6. The van der Waals surface area contributed by atoms with Crippen LogP contribution < -0.4 is 10.0 Å². The summed E-state index contributed by atoms with van der Waals surface area (Å²) < 4.78 is 26.5. The smallest absolute Gasteiger partial charge is 0.215 e. The number of hydrogen-bond acceptors (Lipinski definition) is 4. The van der Waals surface area contributed by atoms with E-state index >= 15 is 0 Å². The molecule has 0 radical (unpaired) electrons. The molecular formula is C14H19N3O2S. The Morgan fingerprint density at radius 2 is 2.10 bits per heavy atom. The lowest BCUT2D eigenvalue weighted by molar-refractivity contribution is 0.539. The molecule has 1 atom stereocenters. The van der Waals surface area contributed by atoms with Crippen molar-refractivity contribution in [3.8, 4) is 6.07 Å². The van der Waals surface area contributed by atoms with Crippen LogP contribution >= 0.6 is 0 Å². The van der Waals surface area contributed by atoms with Gasteiger partial charge in [-0.3, -0.25) is 0 Å². The van der Waals surface area contributed by atoms with Crippen LogP contribution in [0.25, 0.3) is 0 Å². The predicted octanol–water partition coefficient (Wildman–Crippen LogP) is 1.12. The second-order valence-electron chi connectivity index (χ2n) is 5.04. The molecule has 0 saturated carbocycles. The first-order valence-electron chi connectivity index (χ1n) is 6.79. The van der Waals surface area contributed by atoms with Gasteiger partial charge in [-0.25, -0.2) is 13.1 Å². The van der Waals surface area contributed by atoms with Crippen LogP contribution in [0, 0.1) is 11.3 Å². The first-order valence-corrected chi connectivity index (χ1v) is 8.44. The molecule has 0 aromatic heterocycles. The van der Waals surface area contributed by atoms with Gasteiger partial charge in [0.1, 0.15) is 0 Å². The van der Waals surface area contributed by atoms with Crippen LogP contribution in [0.3, 0.4) is 0 Å². The fraction of sp³-hybridized carbons (Fsp3) is 0.500. The highest BCUT2D eigenvalue weighted by atomic mass is 32.2. The molecule has 2 N–H and O–H groups in total. The molecule has 0 aliphatic carbocycles. The van der Waals surface area contributed by atoms with E-state index in [0.29, 0.717) is 23.7 Å². The van der Waals surface area contributed by atoms with E-state index in [0.717, 1.165) is 19.4 Å². The lowest BCUT2D eigenvalue weighted by atomic mass is 10.2. The van der Waals surface area contributed by atoms with Crippen LogP contribution in [-0.2, 0) is 15.8 Å². The van der Waals surface area contributed by atoms with Crippen LogP contribution in [0.1, 0.15) is 30.4 Å². The minimum Gasteiger partial charge on any atom is -0.314 e. The van der Waals surface area contributed by atoms with Gasteiger partial charge in [-0.2, -0.15) is 5.26 Å². The normalized spacial score (nSPS) is 18.9. The van der Waals surface area contributed by atoms with E-state index in [1.165, 1.54) is 6.42 Å². The highest BCUT2D eigenvalue weighted by molar-refractivity contribution is 7.88. The van der Waals surface area contributed by atoms with E-state index in [4.69, 9.17) is 5.26 Å². The molecular weight excluding hydrogens is 274 g/mol. The zero-order valence-corrected chi connectivity index (χ0v) is 12.1. The van der Waals surface area contributed by atoms with Crippen molar-refractivity contribution in [1.29, 1.82) is 5.26 Å². The molecule has 1 aliphatic heterocycles. The molecule has 1 fully saturated rings. The van der Waals surface area contributed by atoms with E-state index < -0.39 is 10.0 Å². The van der Waals surface area contributed by atoms with Gasteiger partial charge in [-0.05, 0) is 43.5 Å². The molecule has 1 aromatic carbocycles. The summed E-state index contributed by atoms with van der Waals surface area (Å²) in [6, 6.07) is 9.07. The number of nitriles is 1. The average molecular weight is 293 g/mol. The summed E-state index contributed by atoms with van der Waals surface area (Å²) in [5, 5.41) is 12.0. The van der Waals surface area contributed by atoms with Crippen molar-refractivity contribution in [2.45, 2.75) is 31.1 Å². The van der Waals surface area contributed by atoms with Crippen molar-refractivity contribution in [2.24, 2.45) is 0 Å². The molecule has 5 nitrogen and oxygen atoms in total. The number of nitrogens with one attached hydrogen (secondary N) is 2. The van der Waals surface area contributed by atoms with Crippen molar-refractivity contribution >= 4 is 10.0 Å². The van der Waals surface area contributed by atoms with Crippen LogP contribution in [0.2, 0.25) is 0 Å². The van der Waals surface area contributed by atoms with Gasteiger partial charge in [-0.15, -0.1) is 0 Å². The summed E-state index contributed by atoms with van der Waals surface area (Å²) in [4.78, 5) is 0. The van der Waals surface area contributed by atoms with Gasteiger partial charge >= 0.3 is 0 Å². The first kappa shape index (κ1) is 15.0. The predicted molar refractivity (Wildman–Crippen MR) is 77.4 cm³/mol. The molecule has 2 rings (SSSR count). The summed E-state index contributed by atoms with van der Waals surface area (Å²) in [6.07, 6.45) is 3.12. The van der Waals surface area contributed by atoms with Crippen LogP contribution in [-0.4, -0.2) is 27.5 Å². The number of benzene rings is 1. The third-order valence-corrected chi connectivity index (χ3v) is 4.77. The average Bonchev–Trinajstić information content (AvgIpc) is 2.92. The molecule has 20 heavy (non-hydrogen) atoms. The molecule has 6 heteroatoms. The topological polar surface area (TPSA) is 82.0 Å². The minimum absolute atomic E-state index is 0.0448. The molecule has 0 spiro atoms. The fourth-order valence-electron chi connectivity index (χ4n) is 2.34. The number of sulfonamides is 1. The second-order valence-corrected chi connectivity index (χ2v) is 6.85. The maximum absolute atomic E-state index is 11.9. The Kier molecular flexibility index (Phi) is 5.12. The lowest BCUT2D eigenvalue weighted by Gasteiger charge is -2.11. The lowest BCUT2D eigenvalue weighted by Crippen LogP contribution is -2.31. The molecule has 1 aromatic rings. The molecule has 0 bridgehead atoms. The molecule has 1 saturated heterocycles. The maximum atomic E-state index is 11.9. The van der Waals surface area contributed by atoms with Crippen molar-refractivity contribution in [3.05, 3.63) is 35.4 Å². The standard InChI is InChI=1S/C14H19N3O2S/c15-10-12-3-5-13(6-4-12)11-20(18,19)17-9-7-14-2-1-8-16-14/h3-6,14,16-17H,1-2,7-9,11H2/t14-/m1/s1. The summed E-state index contributed by atoms with van der Waals surface area (Å²) in [7, 11) is -3.31. The quantitative estimate of drug-likeness (QED) is 0.823. The Hall–Kier alpha value is -1.42. The Labute approximate surface area is 120 Å². The van der Waals surface area contributed by atoms with E-state index in [1.54, 1.807) is 24.3 Å². The largest absolute Gasteiger partial charge is 0.314 e. The van der Waals surface area contributed by atoms with Gasteiger partial charge in [0.2, 0.25) is 10.0 Å². The highest BCUT2D eigenvalue weighted by Gasteiger charge is 2.16. The summed E-state index contributed by atoms with van der Waals surface area (Å²) in [6.45, 7) is 1.50. The highest BCUT2D eigenvalue weighted by Crippen LogP contribution is 2.09. The third kappa shape index (κ3) is 4.60. The SMILES string of the molecule is N#Cc1ccc(CS(=O)(=O)NCC[C@H]2CCCN2)cc1. The summed E-state index contributed by atoms with van der Waals surface area (Å²) in [5.41, 5.74) is 1.22. The monoisotopic (exact) mass is 293 g/mol. The number of nitrogens with zero attached hydrogens (tertiary/aromatic N) is 1. The van der Waals surface area contributed by atoms with Crippen molar-refractivity contribution in [3.63, 3.8) is 0 Å². The van der Waals surface area contributed by atoms with Crippen molar-refractivity contribution in [1.82, 2.24) is 10.0 Å². The van der Waals surface area contributed by atoms with Crippen molar-refractivity contribution in [2.75, 3.05) is 13.1 Å². The maximum Gasteiger partial charge on any atom is 0.215 e. The van der Waals surface area contributed by atoms with Gasteiger partial charge in [-0.1, -0.05) is 12.1 Å². The van der Waals surface area contributed by atoms with Crippen LogP contribution in [0.15, 0.2) is 24.3 Å². The second kappa shape index (κ2) is 6.84. The fourth-order valence-corrected chi connectivity index (χ4v) is 3.50.